The van der Waals surface area contributed by atoms with Gasteiger partial charge in [0, 0.05) is 18.6 Å². The molecule has 1 unspecified atom stereocenters. The average molecular weight is 174 g/mol. The minimum Gasteiger partial charge on any atom is -0.395 e. The van der Waals surface area contributed by atoms with Crippen LogP contribution in [0.3, 0.4) is 0 Å². The maximum absolute atomic E-state index is 9.01. The fourth-order valence-corrected chi connectivity index (χ4v) is 1.53. The molecule has 0 saturated carbocycles. The van der Waals surface area contributed by atoms with E-state index in [9.17, 15) is 0 Å². The van der Waals surface area contributed by atoms with Crippen LogP contribution in [0.25, 0.3) is 0 Å². The summed E-state index contributed by atoms with van der Waals surface area (Å²) in [6, 6.07) is 0.667. The molecule has 3 heteroatoms. The lowest BCUT2D eigenvalue weighted by molar-refractivity contribution is 0.109. The number of aliphatic hydroxyl groups is 1. The van der Waals surface area contributed by atoms with Gasteiger partial charge in [0.25, 0.3) is 0 Å². The Labute approximate surface area is 75.6 Å². The number of likely N-dealkylation sites (N-methyl/N-ethyl adjacent to an activating group) is 1. The molecule has 0 aliphatic carbocycles. The van der Waals surface area contributed by atoms with E-state index in [0.29, 0.717) is 12.6 Å². The number of nitrogens with two attached hydrogens (primary N) is 1. The zero-order valence-corrected chi connectivity index (χ0v) is 8.45. The third-order valence-corrected chi connectivity index (χ3v) is 2.58. The van der Waals surface area contributed by atoms with Gasteiger partial charge in [-0.2, -0.15) is 0 Å². The van der Waals surface area contributed by atoms with Crippen LogP contribution in [0.15, 0.2) is 0 Å². The molecular weight excluding hydrogens is 152 g/mol. The highest BCUT2D eigenvalue weighted by atomic mass is 16.3. The van der Waals surface area contributed by atoms with Crippen molar-refractivity contribution in [1.29, 1.82) is 0 Å². The van der Waals surface area contributed by atoms with E-state index in [1.165, 1.54) is 0 Å². The SMILES string of the molecule is CCC(CC)N(C)C(CN)CO. The predicted octanol–water partition coefficient (Wildman–Crippen LogP) is 0.426. The van der Waals surface area contributed by atoms with Gasteiger partial charge < -0.3 is 10.8 Å². The molecule has 0 radical (unpaired) electrons. The molecule has 0 rings (SSSR count). The fraction of sp³-hybridized carbons (Fsp3) is 1.00. The van der Waals surface area contributed by atoms with E-state index in [0.717, 1.165) is 12.8 Å². The fourth-order valence-electron chi connectivity index (χ4n) is 1.53. The van der Waals surface area contributed by atoms with Crippen molar-refractivity contribution >= 4 is 0 Å². The van der Waals surface area contributed by atoms with Crippen LogP contribution >= 0.6 is 0 Å². The van der Waals surface area contributed by atoms with Gasteiger partial charge in [0.2, 0.25) is 0 Å². The van der Waals surface area contributed by atoms with Gasteiger partial charge in [0.1, 0.15) is 0 Å². The van der Waals surface area contributed by atoms with E-state index in [-0.39, 0.29) is 12.6 Å². The summed E-state index contributed by atoms with van der Waals surface area (Å²) in [5.74, 6) is 0. The van der Waals surface area contributed by atoms with Crippen LogP contribution in [-0.4, -0.2) is 42.3 Å². The Hall–Kier alpha value is -0.120. The van der Waals surface area contributed by atoms with Gasteiger partial charge in [-0.1, -0.05) is 13.8 Å². The Morgan fingerprint density at radius 3 is 2.00 bits per heavy atom. The largest absolute Gasteiger partial charge is 0.395 e. The Bertz CT molecular complexity index is 88.7. The van der Waals surface area contributed by atoms with Gasteiger partial charge in [0.15, 0.2) is 0 Å². The van der Waals surface area contributed by atoms with Crippen LogP contribution in [0.5, 0.6) is 0 Å². The number of hydrogen-bond donors (Lipinski definition) is 2. The molecule has 3 N–H and O–H groups in total. The van der Waals surface area contributed by atoms with E-state index in [4.69, 9.17) is 10.8 Å². The lowest BCUT2D eigenvalue weighted by Crippen LogP contribution is -2.45. The quantitative estimate of drug-likeness (QED) is 0.614. The van der Waals surface area contributed by atoms with E-state index < -0.39 is 0 Å². The Morgan fingerprint density at radius 1 is 1.25 bits per heavy atom. The molecule has 0 spiro atoms. The monoisotopic (exact) mass is 174 g/mol. The summed E-state index contributed by atoms with van der Waals surface area (Å²) >= 11 is 0. The van der Waals surface area contributed by atoms with Crippen molar-refractivity contribution in [3.8, 4) is 0 Å². The van der Waals surface area contributed by atoms with Crippen molar-refractivity contribution in [2.75, 3.05) is 20.2 Å². The maximum Gasteiger partial charge on any atom is 0.0599 e. The van der Waals surface area contributed by atoms with Gasteiger partial charge in [-0.25, -0.2) is 0 Å². The average Bonchev–Trinajstić information content (AvgIpc) is 2.09. The molecular formula is C9H22N2O. The van der Waals surface area contributed by atoms with Crippen molar-refractivity contribution < 1.29 is 5.11 Å². The number of hydrogen-bond acceptors (Lipinski definition) is 3. The second kappa shape index (κ2) is 6.40. The van der Waals surface area contributed by atoms with Gasteiger partial charge in [-0.15, -0.1) is 0 Å². The first-order valence-electron chi connectivity index (χ1n) is 4.74. The smallest absolute Gasteiger partial charge is 0.0599 e. The third kappa shape index (κ3) is 3.09. The van der Waals surface area contributed by atoms with Crippen LogP contribution in [-0.2, 0) is 0 Å². The highest BCUT2D eigenvalue weighted by molar-refractivity contribution is 4.74. The Kier molecular flexibility index (Phi) is 6.34. The van der Waals surface area contributed by atoms with Crippen LogP contribution in [0.4, 0.5) is 0 Å². The Balaban J connectivity index is 4.02. The topological polar surface area (TPSA) is 49.5 Å². The lowest BCUT2D eigenvalue weighted by Gasteiger charge is -2.32. The summed E-state index contributed by atoms with van der Waals surface area (Å²) in [7, 11) is 2.03. The molecule has 0 bridgehead atoms. The van der Waals surface area contributed by atoms with Crippen molar-refractivity contribution in [3.63, 3.8) is 0 Å². The molecule has 0 amide bonds. The maximum atomic E-state index is 9.01. The highest BCUT2D eigenvalue weighted by Gasteiger charge is 2.17. The van der Waals surface area contributed by atoms with E-state index in [1.807, 2.05) is 7.05 Å². The van der Waals surface area contributed by atoms with Crippen molar-refractivity contribution in [1.82, 2.24) is 4.90 Å². The summed E-state index contributed by atoms with van der Waals surface area (Å²) in [6.45, 7) is 5.01. The molecule has 0 aliphatic rings. The van der Waals surface area contributed by atoms with Crippen molar-refractivity contribution in [2.45, 2.75) is 38.8 Å². The van der Waals surface area contributed by atoms with E-state index >= 15 is 0 Å². The number of aliphatic hydroxyl groups excluding tert-OH is 1. The first-order valence-corrected chi connectivity index (χ1v) is 4.74. The summed E-state index contributed by atoms with van der Waals surface area (Å²) in [6.07, 6.45) is 2.23. The van der Waals surface area contributed by atoms with E-state index in [1.54, 1.807) is 0 Å². The number of nitrogens with zero attached hydrogens (tertiary/aromatic N) is 1. The zero-order chi connectivity index (χ0) is 9.56. The highest BCUT2D eigenvalue weighted by Crippen LogP contribution is 2.08. The minimum atomic E-state index is 0.120. The second-order valence-corrected chi connectivity index (χ2v) is 3.21. The molecule has 3 nitrogen and oxygen atoms in total. The molecule has 1 atom stereocenters. The van der Waals surface area contributed by atoms with Crippen LogP contribution < -0.4 is 5.73 Å². The van der Waals surface area contributed by atoms with Gasteiger partial charge in [-0.05, 0) is 19.9 Å². The molecule has 74 valence electrons. The third-order valence-electron chi connectivity index (χ3n) is 2.58. The molecule has 0 aromatic rings. The van der Waals surface area contributed by atoms with Gasteiger partial charge >= 0.3 is 0 Å². The molecule has 0 aromatic heterocycles. The zero-order valence-electron chi connectivity index (χ0n) is 8.45. The molecule has 12 heavy (non-hydrogen) atoms. The normalized spacial score (nSPS) is 14.2. The first kappa shape index (κ1) is 11.9. The van der Waals surface area contributed by atoms with Crippen molar-refractivity contribution in [3.05, 3.63) is 0 Å². The summed E-state index contributed by atoms with van der Waals surface area (Å²) in [4.78, 5) is 2.18. The molecule has 0 fully saturated rings. The lowest BCUT2D eigenvalue weighted by atomic mass is 10.1. The van der Waals surface area contributed by atoms with Crippen LogP contribution in [0, 0.1) is 0 Å². The van der Waals surface area contributed by atoms with E-state index in [2.05, 4.69) is 18.7 Å². The Morgan fingerprint density at radius 2 is 1.75 bits per heavy atom. The summed E-state index contributed by atoms with van der Waals surface area (Å²) < 4.78 is 0. The van der Waals surface area contributed by atoms with Crippen LogP contribution in [0.1, 0.15) is 26.7 Å². The van der Waals surface area contributed by atoms with Gasteiger partial charge in [-0.3, -0.25) is 4.90 Å². The first-order chi connectivity index (χ1) is 5.71. The van der Waals surface area contributed by atoms with Crippen molar-refractivity contribution in [2.24, 2.45) is 5.73 Å². The molecule has 0 aromatic carbocycles. The number of rotatable bonds is 6. The minimum absolute atomic E-state index is 0.120. The molecule has 0 aliphatic heterocycles. The van der Waals surface area contributed by atoms with Crippen LogP contribution in [0.2, 0.25) is 0 Å². The molecule has 0 heterocycles. The standard InChI is InChI=1S/C9H22N2O/c1-4-8(5-2)11(3)9(6-10)7-12/h8-9,12H,4-7,10H2,1-3H3. The van der Waals surface area contributed by atoms with Gasteiger partial charge in [0.05, 0.1) is 6.61 Å². The molecule has 0 saturated heterocycles. The summed E-state index contributed by atoms with van der Waals surface area (Å²) in [5.41, 5.74) is 5.53. The predicted molar refractivity (Wildman–Crippen MR) is 52.1 cm³/mol. The summed E-state index contributed by atoms with van der Waals surface area (Å²) in [5, 5.41) is 9.01. The second-order valence-electron chi connectivity index (χ2n) is 3.21.